The van der Waals surface area contributed by atoms with Gasteiger partial charge in [0.25, 0.3) is 0 Å². The molecule has 20 heavy (non-hydrogen) atoms. The van der Waals surface area contributed by atoms with E-state index in [0.717, 1.165) is 12.6 Å². The molecular formula is C16H19Cl2NO. The topological polar surface area (TPSA) is 12.5 Å². The van der Waals surface area contributed by atoms with Crippen LogP contribution >= 0.6 is 23.2 Å². The lowest BCUT2D eigenvalue weighted by Gasteiger charge is -2.38. The largest absolute Gasteiger partial charge is 0.380 e. The Kier molecular flexibility index (Phi) is 3.26. The molecule has 0 radical (unpaired) electrons. The summed E-state index contributed by atoms with van der Waals surface area (Å²) >= 11 is 12.3. The first-order valence-electron chi connectivity index (χ1n) is 7.42. The molecule has 108 valence electrons. The normalized spacial score (nSPS) is 42.1. The summed E-state index contributed by atoms with van der Waals surface area (Å²) in [6.07, 6.45) is 4.27. The van der Waals surface area contributed by atoms with Gasteiger partial charge in [-0.25, -0.2) is 0 Å². The molecule has 0 N–H and O–H groups in total. The summed E-state index contributed by atoms with van der Waals surface area (Å²) in [6.45, 7) is 1.11. The van der Waals surface area contributed by atoms with Crippen LogP contribution in [0.4, 0.5) is 0 Å². The number of rotatable bonds is 2. The monoisotopic (exact) mass is 311 g/mol. The van der Waals surface area contributed by atoms with E-state index in [0.29, 0.717) is 34.0 Å². The van der Waals surface area contributed by atoms with E-state index < -0.39 is 0 Å². The zero-order chi connectivity index (χ0) is 13.9. The maximum Gasteiger partial charge on any atom is 0.0747 e. The number of ether oxygens (including phenoxy) is 1. The highest BCUT2D eigenvalue weighted by Crippen LogP contribution is 2.53. The fourth-order valence-corrected chi connectivity index (χ4v) is 5.11. The Balaban J connectivity index is 1.72. The second kappa shape index (κ2) is 4.88. The van der Waals surface area contributed by atoms with Crippen molar-refractivity contribution in [1.29, 1.82) is 0 Å². The molecule has 6 atom stereocenters. The van der Waals surface area contributed by atoms with Crippen LogP contribution in [0.25, 0.3) is 0 Å². The molecule has 3 aliphatic heterocycles. The van der Waals surface area contributed by atoms with Gasteiger partial charge in [-0.15, -0.1) is 0 Å². The van der Waals surface area contributed by atoms with Crippen LogP contribution < -0.4 is 0 Å². The van der Waals surface area contributed by atoms with E-state index in [1.54, 1.807) is 0 Å². The zero-order valence-electron chi connectivity index (χ0n) is 11.6. The van der Waals surface area contributed by atoms with Crippen LogP contribution in [0.1, 0.15) is 30.7 Å². The molecule has 3 fully saturated rings. The van der Waals surface area contributed by atoms with Crippen LogP contribution in [0.15, 0.2) is 18.2 Å². The van der Waals surface area contributed by atoms with Crippen molar-refractivity contribution in [3.63, 3.8) is 0 Å². The molecule has 3 heterocycles. The molecule has 0 aromatic heterocycles. The van der Waals surface area contributed by atoms with Crippen molar-refractivity contribution in [2.45, 2.75) is 43.4 Å². The lowest BCUT2D eigenvalue weighted by Crippen LogP contribution is -2.41. The summed E-state index contributed by atoms with van der Waals surface area (Å²) in [5, 5.41) is 1.32. The standard InChI is InChI=1S/C16H19Cl2NO/c1-20-15-8-19-10-3-5-14(19)16(15)11(7-10)9-2-4-12(17)13(18)6-9/h2,4,6,10-11,14-16H,3,5,7-8H2,1H3/t10?,11-,14?,15-,16?/m0/s1. The minimum atomic E-state index is 0.366. The average molecular weight is 312 g/mol. The number of piperidine rings is 1. The van der Waals surface area contributed by atoms with Crippen LogP contribution in [0.5, 0.6) is 0 Å². The van der Waals surface area contributed by atoms with Crippen molar-refractivity contribution in [2.75, 3.05) is 13.7 Å². The summed E-state index contributed by atoms with van der Waals surface area (Å²) in [5.41, 5.74) is 1.34. The molecule has 1 aromatic carbocycles. The number of benzene rings is 1. The molecule has 4 rings (SSSR count). The molecule has 0 aliphatic carbocycles. The predicted molar refractivity (Wildman–Crippen MR) is 81.6 cm³/mol. The average Bonchev–Trinajstić information content (AvgIpc) is 2.87. The number of methoxy groups -OCH3 is 1. The van der Waals surface area contributed by atoms with Crippen LogP contribution in [-0.4, -0.2) is 36.7 Å². The maximum atomic E-state index is 6.22. The Morgan fingerprint density at radius 2 is 2.05 bits per heavy atom. The van der Waals surface area contributed by atoms with Gasteiger partial charge < -0.3 is 4.74 Å². The molecule has 2 nitrogen and oxygen atoms in total. The van der Waals surface area contributed by atoms with Crippen LogP contribution in [0.2, 0.25) is 10.0 Å². The highest BCUT2D eigenvalue weighted by molar-refractivity contribution is 6.42. The van der Waals surface area contributed by atoms with Crippen molar-refractivity contribution in [3.8, 4) is 0 Å². The quantitative estimate of drug-likeness (QED) is 0.819. The summed E-state index contributed by atoms with van der Waals surface area (Å²) in [6, 6.07) is 7.59. The number of hydrogen-bond acceptors (Lipinski definition) is 2. The summed E-state index contributed by atoms with van der Waals surface area (Å²) in [4.78, 5) is 2.69. The Labute approximate surface area is 130 Å². The number of hydrogen-bond donors (Lipinski definition) is 0. The first kappa shape index (κ1) is 13.4. The third kappa shape index (κ3) is 1.85. The first-order chi connectivity index (χ1) is 9.69. The van der Waals surface area contributed by atoms with Crippen molar-refractivity contribution in [2.24, 2.45) is 5.92 Å². The molecule has 4 heteroatoms. The number of nitrogens with zero attached hydrogens (tertiary/aromatic N) is 1. The van der Waals surface area contributed by atoms with Gasteiger partial charge in [-0.05, 0) is 42.9 Å². The third-order valence-corrected chi connectivity index (χ3v) is 6.36. The van der Waals surface area contributed by atoms with Crippen LogP contribution in [0, 0.1) is 5.92 Å². The van der Waals surface area contributed by atoms with Gasteiger partial charge in [-0.1, -0.05) is 29.3 Å². The van der Waals surface area contributed by atoms with E-state index in [1.165, 1.54) is 24.8 Å². The van der Waals surface area contributed by atoms with Crippen molar-refractivity contribution >= 4 is 23.2 Å². The SMILES string of the molecule is CO[C@H]1CN2C3CCC2C1[C@H](c1ccc(Cl)c(Cl)c1)C3. The highest BCUT2D eigenvalue weighted by Gasteiger charge is 2.55. The molecule has 3 saturated heterocycles. The highest BCUT2D eigenvalue weighted by atomic mass is 35.5. The number of halogens is 2. The van der Waals surface area contributed by atoms with Crippen LogP contribution in [0.3, 0.4) is 0 Å². The second-order valence-electron chi connectivity index (χ2n) is 6.36. The molecule has 4 bridgehead atoms. The summed E-state index contributed by atoms with van der Waals surface area (Å²) in [5.74, 6) is 1.17. The Hall–Kier alpha value is -0.280. The van der Waals surface area contributed by atoms with Gasteiger partial charge >= 0.3 is 0 Å². The Morgan fingerprint density at radius 3 is 2.80 bits per heavy atom. The molecule has 1 aromatic rings. The smallest absolute Gasteiger partial charge is 0.0747 e. The minimum absolute atomic E-state index is 0.366. The molecular weight excluding hydrogens is 293 g/mol. The van der Waals surface area contributed by atoms with Gasteiger partial charge in [0.05, 0.1) is 16.1 Å². The van der Waals surface area contributed by atoms with Gasteiger partial charge in [-0.2, -0.15) is 0 Å². The fourth-order valence-electron chi connectivity index (χ4n) is 4.80. The Morgan fingerprint density at radius 1 is 1.20 bits per heavy atom. The van der Waals surface area contributed by atoms with E-state index >= 15 is 0 Å². The van der Waals surface area contributed by atoms with E-state index in [2.05, 4.69) is 17.0 Å². The maximum absolute atomic E-state index is 6.22. The molecule has 3 aliphatic rings. The fraction of sp³-hybridized carbons (Fsp3) is 0.625. The van der Waals surface area contributed by atoms with Crippen molar-refractivity contribution in [1.82, 2.24) is 4.90 Å². The van der Waals surface area contributed by atoms with Gasteiger partial charge in [0.2, 0.25) is 0 Å². The minimum Gasteiger partial charge on any atom is -0.380 e. The van der Waals surface area contributed by atoms with E-state index in [9.17, 15) is 0 Å². The van der Waals surface area contributed by atoms with Crippen molar-refractivity contribution in [3.05, 3.63) is 33.8 Å². The molecule has 0 spiro atoms. The molecule has 0 saturated carbocycles. The van der Waals surface area contributed by atoms with Gasteiger partial charge in [0.15, 0.2) is 0 Å². The first-order valence-corrected chi connectivity index (χ1v) is 8.18. The van der Waals surface area contributed by atoms with E-state index in [4.69, 9.17) is 27.9 Å². The molecule has 0 amide bonds. The van der Waals surface area contributed by atoms with E-state index in [-0.39, 0.29) is 0 Å². The zero-order valence-corrected chi connectivity index (χ0v) is 13.1. The van der Waals surface area contributed by atoms with E-state index in [1.807, 2.05) is 13.2 Å². The lowest BCUT2D eigenvalue weighted by atomic mass is 9.77. The van der Waals surface area contributed by atoms with Gasteiger partial charge in [-0.3, -0.25) is 4.90 Å². The summed E-state index contributed by atoms with van der Waals surface area (Å²) in [7, 11) is 1.85. The van der Waals surface area contributed by atoms with Gasteiger partial charge in [0, 0.05) is 31.7 Å². The predicted octanol–water partition coefficient (Wildman–Crippen LogP) is 3.96. The lowest BCUT2D eigenvalue weighted by molar-refractivity contribution is 0.0652. The summed E-state index contributed by atoms with van der Waals surface area (Å²) < 4.78 is 5.78. The third-order valence-electron chi connectivity index (χ3n) is 5.62. The van der Waals surface area contributed by atoms with Crippen LogP contribution in [-0.2, 0) is 4.74 Å². The molecule has 4 unspecified atom stereocenters. The van der Waals surface area contributed by atoms with Gasteiger partial charge in [0.1, 0.15) is 0 Å². The second-order valence-corrected chi connectivity index (χ2v) is 7.18. The Bertz CT molecular complexity index is 535. The van der Waals surface area contributed by atoms with Crippen molar-refractivity contribution < 1.29 is 4.74 Å².